The fourth-order valence-corrected chi connectivity index (χ4v) is 4.10. The molecule has 0 fully saturated rings. The second-order valence-corrected chi connectivity index (χ2v) is 8.20. The van der Waals surface area contributed by atoms with Crippen LogP contribution >= 0.6 is 34.8 Å². The molecule has 0 saturated heterocycles. The molecule has 2 heterocycles. The topological polar surface area (TPSA) is 20.2 Å². The summed E-state index contributed by atoms with van der Waals surface area (Å²) in [4.78, 5) is 2.30. The zero-order valence-electron chi connectivity index (χ0n) is 14.5. The van der Waals surface area contributed by atoms with Gasteiger partial charge in [-0.05, 0) is 83.7 Å². The van der Waals surface area contributed by atoms with Crippen LogP contribution in [-0.4, -0.2) is 21.1 Å². The first-order chi connectivity index (χ1) is 12.6. The second kappa shape index (κ2) is 7.40. The van der Waals surface area contributed by atoms with Gasteiger partial charge < -0.3 is 14.8 Å². The maximum absolute atomic E-state index is 5.80. The lowest BCUT2D eigenvalue weighted by atomic mass is 9.99. The highest BCUT2D eigenvalue weighted by Gasteiger charge is 2.30. The van der Waals surface area contributed by atoms with E-state index in [4.69, 9.17) is 12.2 Å². The van der Waals surface area contributed by atoms with E-state index in [0.29, 0.717) is 0 Å². The van der Waals surface area contributed by atoms with E-state index in [1.165, 1.54) is 20.4 Å². The SMILES string of the molecule is Cc1ccc([C@@H]2c3cccn3CCN2C(=S)Nc2ccc(I)cc2)cc1. The number of halogens is 1. The quantitative estimate of drug-likeness (QED) is 0.408. The van der Waals surface area contributed by atoms with Gasteiger partial charge in [-0.15, -0.1) is 0 Å². The Morgan fingerprint density at radius 1 is 1.04 bits per heavy atom. The first-order valence-electron chi connectivity index (χ1n) is 8.66. The first kappa shape index (κ1) is 17.5. The van der Waals surface area contributed by atoms with Crippen molar-refractivity contribution < 1.29 is 0 Å². The van der Waals surface area contributed by atoms with Crippen LogP contribution in [0.4, 0.5) is 5.69 Å². The van der Waals surface area contributed by atoms with Crippen molar-refractivity contribution in [3.8, 4) is 0 Å². The summed E-state index contributed by atoms with van der Waals surface area (Å²) in [5.41, 5.74) is 4.85. The van der Waals surface area contributed by atoms with Gasteiger partial charge in [0.2, 0.25) is 0 Å². The highest BCUT2D eigenvalue weighted by Crippen LogP contribution is 2.33. The van der Waals surface area contributed by atoms with Gasteiger partial charge >= 0.3 is 0 Å². The molecule has 0 radical (unpaired) electrons. The molecule has 0 aliphatic carbocycles. The minimum atomic E-state index is 0.128. The Bertz CT molecular complexity index is 915. The Hall–Kier alpha value is -1.86. The van der Waals surface area contributed by atoms with Crippen molar-refractivity contribution in [3.63, 3.8) is 0 Å². The Morgan fingerprint density at radius 2 is 1.77 bits per heavy atom. The van der Waals surface area contributed by atoms with E-state index >= 15 is 0 Å². The van der Waals surface area contributed by atoms with Gasteiger partial charge in [0, 0.05) is 34.2 Å². The molecule has 5 heteroatoms. The smallest absolute Gasteiger partial charge is 0.174 e. The molecule has 1 aliphatic rings. The minimum absolute atomic E-state index is 0.128. The van der Waals surface area contributed by atoms with Crippen molar-refractivity contribution in [1.82, 2.24) is 9.47 Å². The molecule has 1 aromatic heterocycles. The van der Waals surface area contributed by atoms with Crippen LogP contribution in [0.15, 0.2) is 66.9 Å². The Kier molecular flexibility index (Phi) is 5.00. The number of aromatic nitrogens is 1. The van der Waals surface area contributed by atoms with E-state index in [9.17, 15) is 0 Å². The molecule has 0 amide bonds. The third-order valence-electron chi connectivity index (χ3n) is 4.79. The summed E-state index contributed by atoms with van der Waals surface area (Å²) in [6.45, 7) is 3.95. The molecule has 2 aromatic carbocycles. The molecule has 0 spiro atoms. The number of rotatable bonds is 2. The maximum atomic E-state index is 5.80. The van der Waals surface area contributed by atoms with E-state index in [0.717, 1.165) is 23.9 Å². The summed E-state index contributed by atoms with van der Waals surface area (Å²) in [5, 5.41) is 4.19. The average Bonchev–Trinajstić information content (AvgIpc) is 3.12. The molecule has 1 N–H and O–H groups in total. The third-order valence-corrected chi connectivity index (χ3v) is 5.84. The molecule has 26 heavy (non-hydrogen) atoms. The number of hydrogen-bond acceptors (Lipinski definition) is 1. The Morgan fingerprint density at radius 3 is 2.50 bits per heavy atom. The van der Waals surface area contributed by atoms with Gasteiger partial charge in [-0.2, -0.15) is 0 Å². The molecule has 0 saturated carbocycles. The van der Waals surface area contributed by atoms with Crippen LogP contribution in [0, 0.1) is 10.5 Å². The van der Waals surface area contributed by atoms with Crippen LogP contribution in [0.25, 0.3) is 0 Å². The third kappa shape index (κ3) is 3.50. The summed E-state index contributed by atoms with van der Waals surface area (Å²) in [5.74, 6) is 0. The van der Waals surface area contributed by atoms with Crippen molar-refractivity contribution in [1.29, 1.82) is 0 Å². The van der Waals surface area contributed by atoms with Crippen LogP contribution in [0.2, 0.25) is 0 Å². The maximum Gasteiger partial charge on any atom is 0.174 e. The molecular weight excluding hydrogens is 453 g/mol. The largest absolute Gasteiger partial charge is 0.348 e. The predicted octanol–water partition coefficient (Wildman–Crippen LogP) is 5.20. The normalized spacial score (nSPS) is 16.2. The van der Waals surface area contributed by atoms with Crippen molar-refractivity contribution >= 4 is 45.6 Å². The van der Waals surface area contributed by atoms with Crippen molar-refractivity contribution in [3.05, 3.63) is 87.3 Å². The van der Waals surface area contributed by atoms with Crippen LogP contribution < -0.4 is 5.32 Å². The number of aryl methyl sites for hydroxylation is 1. The molecule has 0 bridgehead atoms. The Balaban J connectivity index is 1.66. The molecule has 1 atom stereocenters. The van der Waals surface area contributed by atoms with Crippen molar-refractivity contribution in [2.75, 3.05) is 11.9 Å². The number of nitrogens with zero attached hydrogens (tertiary/aromatic N) is 2. The van der Waals surface area contributed by atoms with E-state index in [1.807, 2.05) is 0 Å². The number of anilines is 1. The molecule has 3 nitrogen and oxygen atoms in total. The van der Waals surface area contributed by atoms with Gasteiger partial charge in [-0.1, -0.05) is 29.8 Å². The van der Waals surface area contributed by atoms with Crippen LogP contribution in [0.5, 0.6) is 0 Å². The fourth-order valence-electron chi connectivity index (χ4n) is 3.43. The zero-order valence-corrected chi connectivity index (χ0v) is 17.5. The predicted molar refractivity (Wildman–Crippen MR) is 120 cm³/mol. The second-order valence-electron chi connectivity index (χ2n) is 6.57. The molecule has 4 rings (SSSR count). The highest BCUT2D eigenvalue weighted by molar-refractivity contribution is 14.1. The minimum Gasteiger partial charge on any atom is -0.348 e. The molecular formula is C21H20IN3S. The van der Waals surface area contributed by atoms with E-state index in [1.54, 1.807) is 0 Å². The van der Waals surface area contributed by atoms with E-state index < -0.39 is 0 Å². The van der Waals surface area contributed by atoms with Gasteiger partial charge in [-0.25, -0.2) is 0 Å². The lowest BCUT2D eigenvalue weighted by Crippen LogP contribution is -2.44. The van der Waals surface area contributed by atoms with E-state index in [-0.39, 0.29) is 6.04 Å². The lowest BCUT2D eigenvalue weighted by molar-refractivity contribution is 0.293. The highest BCUT2D eigenvalue weighted by atomic mass is 127. The molecule has 3 aromatic rings. The van der Waals surface area contributed by atoms with Crippen molar-refractivity contribution in [2.24, 2.45) is 0 Å². The molecule has 1 aliphatic heterocycles. The van der Waals surface area contributed by atoms with Gasteiger partial charge in [0.25, 0.3) is 0 Å². The van der Waals surface area contributed by atoms with Gasteiger partial charge in [0.05, 0.1) is 6.04 Å². The van der Waals surface area contributed by atoms with Gasteiger partial charge in [0.1, 0.15) is 0 Å². The summed E-state index contributed by atoms with van der Waals surface area (Å²) >= 11 is 8.11. The number of hydrogen-bond donors (Lipinski definition) is 1. The summed E-state index contributed by atoms with van der Waals surface area (Å²) in [6, 6.07) is 21.5. The number of fused-ring (bicyclic) bond motifs is 1. The number of thiocarbonyl (C=S) groups is 1. The summed E-state index contributed by atoms with van der Waals surface area (Å²) in [6.07, 6.45) is 2.16. The zero-order chi connectivity index (χ0) is 18.1. The fraction of sp³-hybridized carbons (Fsp3) is 0.190. The van der Waals surface area contributed by atoms with Gasteiger partial charge in [0.15, 0.2) is 5.11 Å². The van der Waals surface area contributed by atoms with Crippen LogP contribution in [0.3, 0.4) is 0 Å². The molecule has 0 unspecified atom stereocenters. The number of nitrogens with one attached hydrogen (secondary N) is 1. The number of benzene rings is 2. The summed E-state index contributed by atoms with van der Waals surface area (Å²) in [7, 11) is 0. The first-order valence-corrected chi connectivity index (χ1v) is 10.2. The monoisotopic (exact) mass is 473 g/mol. The lowest BCUT2D eigenvalue weighted by Gasteiger charge is -2.39. The molecule has 132 valence electrons. The summed E-state index contributed by atoms with van der Waals surface area (Å²) < 4.78 is 3.54. The van der Waals surface area contributed by atoms with Gasteiger partial charge in [-0.3, -0.25) is 0 Å². The van der Waals surface area contributed by atoms with E-state index in [2.05, 4.69) is 111 Å². The van der Waals surface area contributed by atoms with Crippen LogP contribution in [-0.2, 0) is 6.54 Å². The Labute approximate surface area is 173 Å². The average molecular weight is 473 g/mol. The van der Waals surface area contributed by atoms with Crippen LogP contribution in [0.1, 0.15) is 22.9 Å². The standard InChI is InChI=1S/C21H20IN3S/c1-15-4-6-16(7-5-15)20-19-3-2-12-24(19)13-14-25(20)21(26)23-18-10-8-17(22)9-11-18/h2-12,20H,13-14H2,1H3,(H,23,26)/t20-/m1/s1. The van der Waals surface area contributed by atoms with Crippen molar-refractivity contribution in [2.45, 2.75) is 19.5 Å².